The first-order chi connectivity index (χ1) is 29.7. The Hall–Kier alpha value is -4.01. The first kappa shape index (κ1) is 45.0. The number of morpholine rings is 1. The second-order valence-corrected chi connectivity index (χ2v) is 18.3. The van der Waals surface area contributed by atoms with E-state index < -0.39 is 0 Å². The molecule has 2 aromatic carbocycles. The Balaban J connectivity index is 0.811. The summed E-state index contributed by atoms with van der Waals surface area (Å²) < 4.78 is 18.1. The number of fused-ring (bicyclic) bond motifs is 1. The first-order valence-electron chi connectivity index (χ1n) is 22.9. The molecule has 0 atom stereocenters. The number of benzene rings is 2. The van der Waals surface area contributed by atoms with Crippen molar-refractivity contribution in [3.63, 3.8) is 0 Å². The van der Waals surface area contributed by atoms with E-state index in [1.807, 2.05) is 16.3 Å². The van der Waals surface area contributed by atoms with Crippen LogP contribution in [-0.4, -0.2) is 121 Å². The highest BCUT2D eigenvalue weighted by molar-refractivity contribution is 7.10. The summed E-state index contributed by atoms with van der Waals surface area (Å²) in [6.45, 7) is 12.0. The number of nitrogens with zero attached hydrogens (tertiary/aromatic N) is 3. The van der Waals surface area contributed by atoms with Crippen molar-refractivity contribution in [1.29, 1.82) is 0 Å². The molecule has 7 rings (SSSR count). The third kappa shape index (κ3) is 11.9. The van der Waals surface area contributed by atoms with Crippen molar-refractivity contribution in [2.75, 3.05) is 77.6 Å². The van der Waals surface area contributed by atoms with Gasteiger partial charge in [-0.05, 0) is 92.7 Å². The van der Waals surface area contributed by atoms with Crippen LogP contribution in [0.5, 0.6) is 11.5 Å². The molecule has 0 bridgehead atoms. The van der Waals surface area contributed by atoms with Crippen LogP contribution < -0.4 is 15.4 Å². The number of amides is 3. The highest BCUT2D eigenvalue weighted by Gasteiger charge is 2.41. The molecule has 3 aliphatic heterocycles. The monoisotopic (exact) mass is 857 g/mol. The summed E-state index contributed by atoms with van der Waals surface area (Å²) in [5.41, 5.74) is 4.34. The van der Waals surface area contributed by atoms with Gasteiger partial charge in [0.2, 0.25) is 5.91 Å². The zero-order chi connectivity index (χ0) is 42.6. The van der Waals surface area contributed by atoms with Crippen LogP contribution in [0.15, 0.2) is 47.8 Å². The van der Waals surface area contributed by atoms with Gasteiger partial charge >= 0.3 is 0 Å². The highest BCUT2D eigenvalue weighted by atomic mass is 32.1. The maximum absolute atomic E-state index is 13.6. The number of rotatable bonds is 19. The maximum atomic E-state index is 13.6. The van der Waals surface area contributed by atoms with Crippen molar-refractivity contribution in [3.05, 3.63) is 75.0 Å². The largest absolute Gasteiger partial charge is 0.506 e. The Kier molecular flexibility index (Phi) is 16.1. The van der Waals surface area contributed by atoms with E-state index in [-0.39, 0.29) is 41.7 Å². The molecular weight excluding hydrogens is 791 g/mol. The number of hydrogen-bond donors (Lipinski definition) is 3. The molecule has 4 aliphatic rings. The average molecular weight is 858 g/mol. The van der Waals surface area contributed by atoms with Gasteiger partial charge in [0.15, 0.2) is 12.4 Å². The van der Waals surface area contributed by atoms with E-state index in [1.54, 1.807) is 17.4 Å². The summed E-state index contributed by atoms with van der Waals surface area (Å²) >= 11 is 1.72. The van der Waals surface area contributed by atoms with E-state index in [0.29, 0.717) is 82.7 Å². The molecule has 13 heteroatoms. The summed E-state index contributed by atoms with van der Waals surface area (Å²) in [5, 5.41) is 18.4. The predicted molar refractivity (Wildman–Crippen MR) is 240 cm³/mol. The van der Waals surface area contributed by atoms with E-state index in [2.05, 4.69) is 64.6 Å². The number of carbonyl (C=O) groups is 3. The van der Waals surface area contributed by atoms with Gasteiger partial charge in [-0.1, -0.05) is 63.4 Å². The number of thiophene rings is 1. The summed E-state index contributed by atoms with van der Waals surface area (Å²) in [6, 6.07) is 14.6. The fourth-order valence-electron chi connectivity index (χ4n) is 9.59. The Morgan fingerprint density at radius 1 is 1.02 bits per heavy atom. The van der Waals surface area contributed by atoms with Crippen molar-refractivity contribution in [1.82, 2.24) is 20.0 Å². The molecule has 1 spiro atoms. The van der Waals surface area contributed by atoms with Gasteiger partial charge in [-0.25, -0.2) is 0 Å². The second-order valence-electron chi connectivity index (χ2n) is 17.4. The minimum atomic E-state index is -0.278. The van der Waals surface area contributed by atoms with Gasteiger partial charge in [-0.2, -0.15) is 0 Å². The second kappa shape index (κ2) is 21.9. The third-order valence-electron chi connectivity index (χ3n) is 13.2. The molecule has 0 radical (unpaired) electrons. The predicted octanol–water partition coefficient (Wildman–Crippen LogP) is 7.14. The lowest BCUT2D eigenvalue weighted by Crippen LogP contribution is -2.57. The van der Waals surface area contributed by atoms with Crippen molar-refractivity contribution >= 4 is 34.7 Å². The number of phenols is 1. The topological polar surface area (TPSA) is 133 Å². The van der Waals surface area contributed by atoms with Crippen LogP contribution in [-0.2, 0) is 38.4 Å². The zero-order valence-electron chi connectivity index (χ0n) is 36.4. The van der Waals surface area contributed by atoms with Crippen LogP contribution in [0.2, 0.25) is 0 Å². The summed E-state index contributed by atoms with van der Waals surface area (Å²) in [7, 11) is 0. The van der Waals surface area contributed by atoms with E-state index in [0.717, 1.165) is 88.5 Å². The van der Waals surface area contributed by atoms with Crippen LogP contribution in [0.1, 0.15) is 116 Å². The summed E-state index contributed by atoms with van der Waals surface area (Å²) in [4.78, 5) is 46.8. The van der Waals surface area contributed by atoms with Gasteiger partial charge in [0, 0.05) is 55.6 Å². The van der Waals surface area contributed by atoms with Crippen LogP contribution >= 0.6 is 11.3 Å². The maximum Gasteiger partial charge on any atom is 0.262 e. The normalized spacial score (nSPS) is 18.2. The molecule has 3 aromatic rings. The van der Waals surface area contributed by atoms with Crippen LogP contribution in [0.25, 0.3) is 0 Å². The standard InChI is InChI=1S/C48H67N5O7S/c1-3-37(4-2)42-30-39(33-61-42)47(57)52-25-28-60-48(34-52)18-22-51(23-19-48)31-36-10-8-9-35(29-36)16-26-58-27-17-44(56)53(40-11-6-5-7-12-40)24-21-49-20-15-38-13-14-41(54)45-46(38)59-32-43(55)50-45/h8-10,13-14,29-30,33,37,40,49,54H,3-7,11-12,15-28,31-32,34H2,1-2H3,(H,50,55). The number of aromatic hydroxyl groups is 1. The molecule has 1 aliphatic carbocycles. The average Bonchev–Trinajstić information content (AvgIpc) is 3.77. The first-order valence-corrected chi connectivity index (χ1v) is 23.8. The summed E-state index contributed by atoms with van der Waals surface area (Å²) in [5.74, 6) is 1.07. The third-order valence-corrected chi connectivity index (χ3v) is 14.3. The molecular formula is C48H67N5O7S. The van der Waals surface area contributed by atoms with E-state index in [9.17, 15) is 19.5 Å². The molecule has 2 saturated heterocycles. The number of carbonyl (C=O) groups excluding carboxylic acids is 3. The number of piperidine rings is 1. The molecule has 4 heterocycles. The number of likely N-dealkylation sites (tertiary alicyclic amines) is 1. The fraction of sp³-hybridized carbons (Fsp3) is 0.604. The van der Waals surface area contributed by atoms with E-state index in [1.165, 1.54) is 22.4 Å². The Morgan fingerprint density at radius 3 is 2.62 bits per heavy atom. The van der Waals surface area contributed by atoms with E-state index in [4.69, 9.17) is 14.2 Å². The molecule has 3 amide bonds. The molecule has 1 saturated carbocycles. The molecule has 12 nitrogen and oxygen atoms in total. The molecule has 3 N–H and O–H groups in total. The van der Waals surface area contributed by atoms with Gasteiger partial charge in [-0.15, -0.1) is 11.3 Å². The van der Waals surface area contributed by atoms with Crippen molar-refractivity contribution in [3.8, 4) is 11.5 Å². The number of nitrogens with one attached hydrogen (secondary N) is 2. The fourth-order valence-corrected chi connectivity index (χ4v) is 10.7. The van der Waals surface area contributed by atoms with Crippen LogP contribution in [0, 0.1) is 0 Å². The lowest BCUT2D eigenvalue weighted by atomic mass is 9.89. The number of anilines is 1. The van der Waals surface area contributed by atoms with E-state index >= 15 is 0 Å². The van der Waals surface area contributed by atoms with Gasteiger partial charge < -0.3 is 39.8 Å². The SMILES string of the molecule is CCC(CC)c1cc(C(=O)N2CCOC3(CCN(Cc4cccc(CCOCCC(=O)N(CCNCCc5ccc(O)c6c5OCC(=O)N6)C5CCCCC5)c4)CC3)C2)cs1. The summed E-state index contributed by atoms with van der Waals surface area (Å²) in [6.07, 6.45) is 11.5. The number of ether oxygens (including phenoxy) is 3. The molecule has 0 unspecified atom stereocenters. The molecule has 332 valence electrons. The van der Waals surface area contributed by atoms with Gasteiger partial charge in [0.05, 0.1) is 44.0 Å². The Labute approximate surface area is 366 Å². The Morgan fingerprint density at radius 2 is 1.82 bits per heavy atom. The van der Waals surface area contributed by atoms with Crippen molar-refractivity contribution < 1.29 is 33.7 Å². The molecule has 61 heavy (non-hydrogen) atoms. The van der Waals surface area contributed by atoms with Gasteiger partial charge in [0.1, 0.15) is 11.4 Å². The number of hydrogen-bond acceptors (Lipinski definition) is 10. The van der Waals surface area contributed by atoms with Crippen LogP contribution in [0.3, 0.4) is 0 Å². The quantitative estimate of drug-likeness (QED) is 0.0851. The Bertz CT molecular complexity index is 1920. The lowest BCUT2D eigenvalue weighted by Gasteiger charge is -2.47. The lowest BCUT2D eigenvalue weighted by molar-refractivity contribution is -0.135. The molecule has 3 fully saturated rings. The smallest absolute Gasteiger partial charge is 0.262 e. The number of phenolic OH excluding ortho intramolecular Hbond substituents is 1. The minimum absolute atomic E-state index is 0.00274. The zero-order valence-corrected chi connectivity index (χ0v) is 37.2. The minimum Gasteiger partial charge on any atom is -0.506 e. The molecule has 1 aromatic heterocycles. The van der Waals surface area contributed by atoms with Crippen molar-refractivity contribution in [2.45, 2.75) is 115 Å². The van der Waals surface area contributed by atoms with Gasteiger partial charge in [-0.3, -0.25) is 19.3 Å². The van der Waals surface area contributed by atoms with Crippen LogP contribution in [0.4, 0.5) is 5.69 Å². The highest BCUT2D eigenvalue weighted by Crippen LogP contribution is 2.39. The van der Waals surface area contributed by atoms with Crippen molar-refractivity contribution in [2.24, 2.45) is 0 Å². The van der Waals surface area contributed by atoms with Gasteiger partial charge in [0.25, 0.3) is 11.8 Å².